The highest BCUT2D eigenvalue weighted by Gasteiger charge is 2.10. The van der Waals surface area contributed by atoms with Gasteiger partial charge in [0.15, 0.2) is 5.78 Å². The average Bonchev–Trinajstić information content (AvgIpc) is 2.53. The predicted molar refractivity (Wildman–Crippen MR) is 82.3 cm³/mol. The zero-order valence-corrected chi connectivity index (χ0v) is 11.2. The summed E-state index contributed by atoms with van der Waals surface area (Å²) in [4.78, 5) is 24.0. The van der Waals surface area contributed by atoms with Crippen LogP contribution in [0.15, 0.2) is 76.0 Å². The van der Waals surface area contributed by atoms with Crippen LogP contribution in [0, 0.1) is 0 Å². The topological polar surface area (TPSA) is 47.3 Å². The number of hydrogen-bond acceptors (Lipinski definition) is 3. The van der Waals surface area contributed by atoms with E-state index in [2.05, 4.69) is 0 Å². The fourth-order valence-electron chi connectivity index (χ4n) is 2.06. The van der Waals surface area contributed by atoms with Gasteiger partial charge in [0.25, 0.3) is 0 Å². The predicted octanol–water partition coefficient (Wildman–Crippen LogP) is 3.69. The fourth-order valence-corrected chi connectivity index (χ4v) is 2.06. The summed E-state index contributed by atoms with van der Waals surface area (Å²) in [5.74, 6) is -0.363. The van der Waals surface area contributed by atoms with Crippen LogP contribution in [0.5, 0.6) is 0 Å². The Kier molecular flexibility index (Phi) is 3.48. The molecule has 0 saturated carbocycles. The number of carbonyl (C=O) groups excluding carboxylic acids is 1. The standard InChI is InChI=1S/C18H12O3/c19-16(11-10-13-6-2-1-3-7-13)15-12-14-8-4-5-9-17(14)21-18(15)20/h1-12H/b11-10+. The molecule has 2 aromatic carbocycles. The Labute approximate surface area is 121 Å². The molecule has 0 saturated heterocycles. The highest BCUT2D eigenvalue weighted by molar-refractivity contribution is 6.07. The van der Waals surface area contributed by atoms with Crippen molar-refractivity contribution < 1.29 is 9.21 Å². The maximum Gasteiger partial charge on any atom is 0.347 e. The smallest absolute Gasteiger partial charge is 0.347 e. The third kappa shape index (κ3) is 2.82. The van der Waals surface area contributed by atoms with Gasteiger partial charge in [-0.3, -0.25) is 4.79 Å². The van der Waals surface area contributed by atoms with Crippen molar-refractivity contribution in [1.82, 2.24) is 0 Å². The van der Waals surface area contributed by atoms with Crippen molar-refractivity contribution in [1.29, 1.82) is 0 Å². The second kappa shape index (κ2) is 5.59. The lowest BCUT2D eigenvalue weighted by Crippen LogP contribution is -2.11. The Morgan fingerprint density at radius 1 is 0.952 bits per heavy atom. The third-order valence-corrected chi connectivity index (χ3v) is 3.13. The van der Waals surface area contributed by atoms with Crippen molar-refractivity contribution in [2.45, 2.75) is 0 Å². The minimum atomic E-state index is -0.614. The van der Waals surface area contributed by atoms with Crippen LogP contribution in [0.3, 0.4) is 0 Å². The quantitative estimate of drug-likeness (QED) is 0.416. The Morgan fingerprint density at radius 2 is 1.67 bits per heavy atom. The molecule has 0 N–H and O–H groups in total. The molecule has 0 aliphatic rings. The van der Waals surface area contributed by atoms with Crippen molar-refractivity contribution in [3.05, 3.63) is 88.3 Å². The van der Waals surface area contributed by atoms with Gasteiger partial charge in [-0.15, -0.1) is 0 Å². The van der Waals surface area contributed by atoms with Gasteiger partial charge in [-0.1, -0.05) is 54.6 Å². The number of rotatable bonds is 3. The lowest BCUT2D eigenvalue weighted by atomic mass is 10.1. The van der Waals surface area contributed by atoms with Gasteiger partial charge in [-0.25, -0.2) is 4.79 Å². The van der Waals surface area contributed by atoms with Gasteiger partial charge < -0.3 is 4.42 Å². The SMILES string of the molecule is O=C(/C=C/c1ccccc1)c1cc2ccccc2oc1=O. The summed E-state index contributed by atoms with van der Waals surface area (Å²) in [5.41, 5.74) is 0.805. The molecule has 1 aromatic heterocycles. The molecule has 0 amide bonds. The van der Waals surface area contributed by atoms with Crippen LogP contribution in [0.25, 0.3) is 17.0 Å². The Morgan fingerprint density at radius 3 is 2.48 bits per heavy atom. The van der Waals surface area contributed by atoms with E-state index >= 15 is 0 Å². The molecule has 0 spiro atoms. The largest absolute Gasteiger partial charge is 0.422 e. The van der Waals surface area contributed by atoms with Crippen molar-refractivity contribution in [2.75, 3.05) is 0 Å². The van der Waals surface area contributed by atoms with E-state index in [9.17, 15) is 9.59 Å². The summed E-state index contributed by atoms with van der Waals surface area (Å²) in [6, 6.07) is 18.1. The lowest BCUT2D eigenvalue weighted by Gasteiger charge is -1.98. The molecule has 0 fully saturated rings. The molecule has 3 heteroatoms. The Balaban J connectivity index is 1.96. The van der Waals surface area contributed by atoms with E-state index in [1.54, 1.807) is 30.3 Å². The van der Waals surface area contributed by atoms with Crippen LogP contribution in [0.1, 0.15) is 15.9 Å². The molecule has 0 atom stereocenters. The first kappa shape index (κ1) is 13.1. The van der Waals surface area contributed by atoms with E-state index in [1.165, 1.54) is 6.08 Å². The van der Waals surface area contributed by atoms with Crippen LogP contribution in [-0.2, 0) is 0 Å². The van der Waals surface area contributed by atoms with Gasteiger partial charge in [0, 0.05) is 5.39 Å². The normalized spacial score (nSPS) is 11.0. The maximum absolute atomic E-state index is 12.1. The molecule has 1 heterocycles. The molecule has 0 aliphatic carbocycles. The monoisotopic (exact) mass is 276 g/mol. The molecule has 0 radical (unpaired) electrons. The van der Waals surface area contributed by atoms with Crippen LogP contribution in [-0.4, -0.2) is 5.78 Å². The molecule has 3 aromatic rings. The van der Waals surface area contributed by atoms with Crippen LogP contribution in [0.2, 0.25) is 0 Å². The summed E-state index contributed by atoms with van der Waals surface area (Å²) in [7, 11) is 0. The number of carbonyl (C=O) groups is 1. The fraction of sp³-hybridized carbons (Fsp3) is 0. The summed E-state index contributed by atoms with van der Waals surface area (Å²) in [6.07, 6.45) is 3.06. The Hall–Kier alpha value is -2.94. The highest BCUT2D eigenvalue weighted by Crippen LogP contribution is 2.13. The van der Waals surface area contributed by atoms with Gasteiger partial charge in [0.05, 0.1) is 0 Å². The Bertz CT molecular complexity index is 874. The van der Waals surface area contributed by atoms with E-state index in [0.717, 1.165) is 10.9 Å². The lowest BCUT2D eigenvalue weighted by molar-refractivity contribution is 0.104. The zero-order chi connectivity index (χ0) is 14.7. The number of allylic oxidation sites excluding steroid dienone is 1. The molecule has 3 nitrogen and oxygen atoms in total. The maximum atomic E-state index is 12.1. The van der Waals surface area contributed by atoms with E-state index < -0.39 is 5.63 Å². The van der Waals surface area contributed by atoms with Crippen molar-refractivity contribution in [3.8, 4) is 0 Å². The first-order chi connectivity index (χ1) is 10.2. The van der Waals surface area contributed by atoms with Crippen LogP contribution >= 0.6 is 0 Å². The van der Waals surface area contributed by atoms with E-state index in [4.69, 9.17) is 4.42 Å². The number of fused-ring (bicyclic) bond motifs is 1. The van der Waals surface area contributed by atoms with Crippen molar-refractivity contribution in [2.24, 2.45) is 0 Å². The molecule has 102 valence electrons. The molecular weight excluding hydrogens is 264 g/mol. The van der Waals surface area contributed by atoms with Gasteiger partial charge >= 0.3 is 5.63 Å². The van der Waals surface area contributed by atoms with E-state index in [0.29, 0.717) is 5.58 Å². The summed E-state index contributed by atoms with van der Waals surface area (Å²) in [6.45, 7) is 0. The minimum Gasteiger partial charge on any atom is -0.422 e. The number of benzene rings is 2. The van der Waals surface area contributed by atoms with E-state index in [-0.39, 0.29) is 11.3 Å². The molecule has 3 rings (SSSR count). The van der Waals surface area contributed by atoms with Crippen LogP contribution in [0.4, 0.5) is 0 Å². The third-order valence-electron chi connectivity index (χ3n) is 3.13. The second-order valence-corrected chi connectivity index (χ2v) is 4.59. The molecule has 0 bridgehead atoms. The van der Waals surface area contributed by atoms with Crippen molar-refractivity contribution in [3.63, 3.8) is 0 Å². The first-order valence-electron chi connectivity index (χ1n) is 6.54. The summed E-state index contributed by atoms with van der Waals surface area (Å²) >= 11 is 0. The number of hydrogen-bond donors (Lipinski definition) is 0. The zero-order valence-electron chi connectivity index (χ0n) is 11.2. The summed E-state index contributed by atoms with van der Waals surface area (Å²) in [5, 5.41) is 0.730. The van der Waals surface area contributed by atoms with Gasteiger partial charge in [-0.2, -0.15) is 0 Å². The summed E-state index contributed by atoms with van der Waals surface area (Å²) < 4.78 is 5.16. The molecule has 21 heavy (non-hydrogen) atoms. The molecule has 0 unspecified atom stereocenters. The van der Waals surface area contributed by atoms with Gasteiger partial charge in [0.1, 0.15) is 11.1 Å². The van der Waals surface area contributed by atoms with Gasteiger partial charge in [0.2, 0.25) is 0 Å². The van der Waals surface area contributed by atoms with Crippen LogP contribution < -0.4 is 5.63 Å². The van der Waals surface area contributed by atoms with Crippen molar-refractivity contribution >= 4 is 22.8 Å². The molecular formula is C18H12O3. The highest BCUT2D eigenvalue weighted by atomic mass is 16.4. The minimum absolute atomic E-state index is 0.0425. The molecule has 0 aliphatic heterocycles. The average molecular weight is 276 g/mol. The first-order valence-corrected chi connectivity index (χ1v) is 6.54. The second-order valence-electron chi connectivity index (χ2n) is 4.59. The van der Waals surface area contributed by atoms with Gasteiger partial charge in [-0.05, 0) is 23.8 Å². The number of ketones is 1. The van der Waals surface area contributed by atoms with E-state index in [1.807, 2.05) is 36.4 Å². The number of para-hydroxylation sites is 1.